The summed E-state index contributed by atoms with van der Waals surface area (Å²) < 4.78 is 5.52. The third-order valence-electron chi connectivity index (χ3n) is 7.62. The number of nitrogens with one attached hydrogen (secondary N) is 1. The molecule has 1 saturated heterocycles. The Morgan fingerprint density at radius 2 is 1.20 bits per heavy atom. The van der Waals surface area contributed by atoms with E-state index in [2.05, 4.69) is 58.7 Å². The van der Waals surface area contributed by atoms with Crippen molar-refractivity contribution in [2.75, 3.05) is 13.2 Å². The summed E-state index contributed by atoms with van der Waals surface area (Å²) in [6.45, 7) is 2.69. The first-order chi connectivity index (χ1) is 19.6. The minimum absolute atomic E-state index is 0.0249. The van der Waals surface area contributed by atoms with Crippen LogP contribution in [0.1, 0.15) is 54.0 Å². The first-order valence-corrected chi connectivity index (χ1v) is 14.1. The number of carbonyl (C=O) groups is 2. The van der Waals surface area contributed by atoms with Crippen LogP contribution >= 0.6 is 0 Å². The summed E-state index contributed by atoms with van der Waals surface area (Å²) >= 11 is 0. The molecule has 0 aromatic heterocycles. The zero-order valence-electron chi connectivity index (χ0n) is 22.9. The van der Waals surface area contributed by atoms with E-state index in [1.165, 1.54) is 0 Å². The van der Waals surface area contributed by atoms with Crippen LogP contribution in [0.5, 0.6) is 0 Å². The van der Waals surface area contributed by atoms with E-state index >= 15 is 0 Å². The zero-order valence-corrected chi connectivity index (χ0v) is 22.9. The Balaban J connectivity index is 1.39. The Morgan fingerprint density at radius 1 is 0.750 bits per heavy atom. The number of likely N-dealkylation sites (tertiary alicyclic amines) is 1. The molecule has 1 N–H and O–H groups in total. The molecule has 204 valence electrons. The van der Waals surface area contributed by atoms with Crippen LogP contribution in [-0.2, 0) is 14.3 Å². The first-order valence-electron chi connectivity index (χ1n) is 14.1. The van der Waals surface area contributed by atoms with Crippen LogP contribution in [0.4, 0.5) is 0 Å². The van der Waals surface area contributed by atoms with E-state index in [0.717, 1.165) is 22.3 Å². The van der Waals surface area contributed by atoms with Crippen molar-refractivity contribution in [3.05, 3.63) is 144 Å². The maximum absolute atomic E-state index is 13.5. The SMILES string of the molecule is CCOC(=O)[C@H]1C[C@@H](NC(=O)CC(c2ccccc2)c2ccccc2)CN1C(c1ccccc1)c1ccccc1. The molecular formula is C35H36N2O3. The smallest absolute Gasteiger partial charge is 0.323 e. The Bertz CT molecular complexity index is 1280. The third kappa shape index (κ3) is 6.49. The van der Waals surface area contributed by atoms with Gasteiger partial charge in [0.25, 0.3) is 0 Å². The van der Waals surface area contributed by atoms with Gasteiger partial charge in [0.1, 0.15) is 6.04 Å². The van der Waals surface area contributed by atoms with Crippen molar-refractivity contribution in [3.63, 3.8) is 0 Å². The van der Waals surface area contributed by atoms with Gasteiger partial charge in [-0.05, 0) is 35.6 Å². The molecule has 5 nitrogen and oxygen atoms in total. The van der Waals surface area contributed by atoms with E-state index in [-0.39, 0.29) is 29.9 Å². The fourth-order valence-corrected chi connectivity index (χ4v) is 5.84. The average molecular weight is 533 g/mol. The number of benzene rings is 4. The molecule has 0 saturated carbocycles. The number of amides is 1. The van der Waals surface area contributed by atoms with Crippen molar-refractivity contribution >= 4 is 11.9 Å². The second-order valence-corrected chi connectivity index (χ2v) is 10.3. The molecule has 0 unspecified atom stereocenters. The minimum Gasteiger partial charge on any atom is -0.465 e. The standard InChI is InChI=1S/C35H36N2O3/c1-2-40-35(39)32-23-30(25-37(32)34(28-19-11-5-12-20-28)29-21-13-6-14-22-29)36-33(38)24-31(26-15-7-3-8-16-26)27-17-9-4-10-18-27/h3-22,30-32,34H,2,23-25H2,1H3,(H,36,38)/t30-,32-/m1/s1. The van der Waals surface area contributed by atoms with E-state index in [0.29, 0.717) is 26.0 Å². The summed E-state index contributed by atoms with van der Waals surface area (Å²) in [5, 5.41) is 3.28. The number of hydrogen-bond acceptors (Lipinski definition) is 4. The van der Waals surface area contributed by atoms with Gasteiger partial charge in [-0.3, -0.25) is 14.5 Å². The molecule has 0 aliphatic carbocycles. The summed E-state index contributed by atoms with van der Waals surface area (Å²) in [5.41, 5.74) is 4.41. The lowest BCUT2D eigenvalue weighted by molar-refractivity contribution is -0.149. The molecule has 2 atom stereocenters. The van der Waals surface area contributed by atoms with E-state index in [9.17, 15) is 9.59 Å². The highest BCUT2D eigenvalue weighted by atomic mass is 16.5. The highest BCUT2D eigenvalue weighted by Gasteiger charge is 2.43. The predicted octanol–water partition coefficient (Wildman–Crippen LogP) is 6.12. The monoisotopic (exact) mass is 532 g/mol. The molecule has 1 aliphatic heterocycles. The lowest BCUT2D eigenvalue weighted by atomic mass is 9.88. The molecule has 40 heavy (non-hydrogen) atoms. The molecule has 4 aromatic rings. The molecule has 0 spiro atoms. The van der Waals surface area contributed by atoms with Crippen LogP contribution in [0.25, 0.3) is 0 Å². The Labute approximate surface area is 236 Å². The van der Waals surface area contributed by atoms with Crippen LogP contribution in [0.3, 0.4) is 0 Å². The van der Waals surface area contributed by atoms with Crippen LogP contribution < -0.4 is 5.32 Å². The number of rotatable bonds is 10. The number of hydrogen-bond donors (Lipinski definition) is 1. The topological polar surface area (TPSA) is 58.6 Å². The van der Waals surface area contributed by atoms with E-state index < -0.39 is 6.04 Å². The number of ether oxygens (including phenoxy) is 1. The summed E-state index contributed by atoms with van der Waals surface area (Å²) in [5.74, 6) is -0.326. The van der Waals surface area contributed by atoms with Gasteiger partial charge >= 0.3 is 5.97 Å². The molecule has 5 rings (SSSR count). The molecule has 5 heteroatoms. The lowest BCUT2D eigenvalue weighted by Crippen LogP contribution is -2.41. The second-order valence-electron chi connectivity index (χ2n) is 10.3. The van der Waals surface area contributed by atoms with Gasteiger partial charge in [-0.15, -0.1) is 0 Å². The van der Waals surface area contributed by atoms with Gasteiger partial charge < -0.3 is 10.1 Å². The predicted molar refractivity (Wildman–Crippen MR) is 158 cm³/mol. The van der Waals surface area contributed by atoms with Gasteiger partial charge in [-0.25, -0.2) is 0 Å². The van der Waals surface area contributed by atoms with Gasteiger partial charge in [0, 0.05) is 24.9 Å². The van der Waals surface area contributed by atoms with Gasteiger partial charge in [-0.2, -0.15) is 0 Å². The third-order valence-corrected chi connectivity index (χ3v) is 7.62. The van der Waals surface area contributed by atoms with Gasteiger partial charge in [-0.1, -0.05) is 121 Å². The molecule has 1 fully saturated rings. The van der Waals surface area contributed by atoms with Crippen LogP contribution in [0.2, 0.25) is 0 Å². The number of nitrogens with zero attached hydrogens (tertiary/aromatic N) is 1. The Hall–Kier alpha value is -4.22. The van der Waals surface area contributed by atoms with E-state index in [1.54, 1.807) is 0 Å². The van der Waals surface area contributed by atoms with Crippen molar-refractivity contribution in [1.29, 1.82) is 0 Å². The average Bonchev–Trinajstić information content (AvgIpc) is 3.41. The maximum atomic E-state index is 13.5. The van der Waals surface area contributed by atoms with Gasteiger partial charge in [0.2, 0.25) is 5.91 Å². The van der Waals surface area contributed by atoms with Gasteiger partial charge in [0.15, 0.2) is 0 Å². The summed E-state index contributed by atoms with van der Waals surface area (Å²) in [6, 6.07) is 40.0. The second kappa shape index (κ2) is 13.2. The minimum atomic E-state index is -0.463. The largest absolute Gasteiger partial charge is 0.465 e. The number of esters is 1. The van der Waals surface area contributed by atoms with Crippen molar-refractivity contribution in [2.45, 2.75) is 43.8 Å². The highest BCUT2D eigenvalue weighted by molar-refractivity contribution is 5.79. The Morgan fingerprint density at radius 3 is 1.65 bits per heavy atom. The van der Waals surface area contributed by atoms with Crippen molar-refractivity contribution in [3.8, 4) is 0 Å². The van der Waals surface area contributed by atoms with Crippen LogP contribution in [0.15, 0.2) is 121 Å². The maximum Gasteiger partial charge on any atom is 0.323 e. The van der Waals surface area contributed by atoms with Crippen LogP contribution in [-0.4, -0.2) is 42.0 Å². The fourth-order valence-electron chi connectivity index (χ4n) is 5.84. The van der Waals surface area contributed by atoms with Crippen molar-refractivity contribution in [1.82, 2.24) is 10.2 Å². The fraction of sp³-hybridized carbons (Fsp3) is 0.257. The highest BCUT2D eigenvalue weighted by Crippen LogP contribution is 2.36. The van der Waals surface area contributed by atoms with E-state index in [4.69, 9.17) is 4.74 Å². The van der Waals surface area contributed by atoms with Gasteiger partial charge in [0.05, 0.1) is 12.6 Å². The zero-order chi connectivity index (χ0) is 27.7. The molecule has 1 amide bonds. The summed E-state index contributed by atoms with van der Waals surface area (Å²) in [7, 11) is 0. The molecular weight excluding hydrogens is 496 g/mol. The molecule has 0 bridgehead atoms. The molecule has 1 aliphatic rings. The summed E-state index contributed by atoms with van der Waals surface area (Å²) in [6.07, 6.45) is 0.831. The summed E-state index contributed by atoms with van der Waals surface area (Å²) in [4.78, 5) is 28.9. The van der Waals surface area contributed by atoms with Crippen LogP contribution in [0, 0.1) is 0 Å². The Kier molecular flexibility index (Phi) is 9.04. The van der Waals surface area contributed by atoms with Crippen molar-refractivity contribution in [2.24, 2.45) is 0 Å². The molecule has 0 radical (unpaired) electrons. The normalized spacial score (nSPS) is 17.2. The first kappa shape index (κ1) is 27.4. The number of carbonyl (C=O) groups excluding carboxylic acids is 2. The quantitative estimate of drug-likeness (QED) is 0.250. The molecule has 4 aromatic carbocycles. The lowest BCUT2D eigenvalue weighted by Gasteiger charge is -2.32. The molecule has 1 heterocycles. The van der Waals surface area contributed by atoms with Crippen molar-refractivity contribution < 1.29 is 14.3 Å². The van der Waals surface area contributed by atoms with E-state index in [1.807, 2.05) is 79.7 Å².